The lowest BCUT2D eigenvalue weighted by molar-refractivity contribution is 0.375. The summed E-state index contributed by atoms with van der Waals surface area (Å²) in [6.45, 7) is 0. The Bertz CT molecular complexity index is 1570. The number of oxazole rings is 1. The fraction of sp³-hybridized carbons (Fsp3) is 0.0909. The molecule has 8 nitrogen and oxygen atoms in total. The summed E-state index contributed by atoms with van der Waals surface area (Å²) in [7, 11) is 2.99. The second kappa shape index (κ2) is 6.81. The van der Waals surface area contributed by atoms with Gasteiger partial charge in [-0.15, -0.1) is 0 Å². The predicted molar refractivity (Wildman–Crippen MR) is 110 cm³/mol. The number of hydrogen-bond acceptors (Lipinski definition) is 6. The summed E-state index contributed by atoms with van der Waals surface area (Å²) < 4.78 is 28.8. The first-order valence-corrected chi connectivity index (χ1v) is 9.23. The summed E-state index contributed by atoms with van der Waals surface area (Å²) in [4.78, 5) is 20.9. The van der Waals surface area contributed by atoms with Gasteiger partial charge in [-0.1, -0.05) is 12.1 Å². The van der Waals surface area contributed by atoms with Gasteiger partial charge in [0.05, 0.1) is 35.5 Å². The van der Waals surface area contributed by atoms with Crippen LogP contribution in [0.4, 0.5) is 4.39 Å². The van der Waals surface area contributed by atoms with E-state index in [0.29, 0.717) is 33.5 Å². The average Bonchev–Trinajstić information content (AvgIpc) is 3.38. The Balaban J connectivity index is 1.89. The van der Waals surface area contributed by atoms with Gasteiger partial charge < -0.3 is 9.15 Å². The van der Waals surface area contributed by atoms with E-state index in [1.807, 2.05) is 0 Å². The van der Waals surface area contributed by atoms with Crippen molar-refractivity contribution in [3.63, 3.8) is 0 Å². The molecule has 0 saturated heterocycles. The van der Waals surface area contributed by atoms with E-state index in [1.165, 1.54) is 30.9 Å². The van der Waals surface area contributed by atoms with Crippen molar-refractivity contribution in [3.8, 4) is 34.5 Å². The fourth-order valence-electron chi connectivity index (χ4n) is 3.60. The maximum absolute atomic E-state index is 15.3. The average molecular weight is 415 g/mol. The van der Waals surface area contributed by atoms with Crippen molar-refractivity contribution in [3.05, 3.63) is 70.7 Å². The number of imidazole rings is 1. The highest BCUT2D eigenvalue weighted by Crippen LogP contribution is 2.38. The van der Waals surface area contributed by atoms with Crippen LogP contribution in [0.3, 0.4) is 0 Å². The van der Waals surface area contributed by atoms with Gasteiger partial charge in [-0.3, -0.25) is 8.97 Å². The Kier molecular flexibility index (Phi) is 4.08. The number of benzene rings is 2. The number of nitrogens with zero attached hydrogens (tertiary/aromatic N) is 5. The Morgan fingerprint density at radius 3 is 2.71 bits per heavy atom. The van der Waals surface area contributed by atoms with Crippen LogP contribution in [0.2, 0.25) is 0 Å². The molecule has 3 heterocycles. The van der Waals surface area contributed by atoms with Crippen LogP contribution in [0.15, 0.2) is 58.0 Å². The molecule has 0 aliphatic rings. The van der Waals surface area contributed by atoms with Gasteiger partial charge in [-0.05, 0) is 18.2 Å². The van der Waals surface area contributed by atoms with Crippen LogP contribution in [0.25, 0.3) is 39.1 Å². The molecular formula is C22H14FN5O3. The van der Waals surface area contributed by atoms with E-state index in [9.17, 15) is 4.79 Å². The molecule has 0 amide bonds. The molecule has 5 rings (SSSR count). The molecule has 0 radical (unpaired) electrons. The van der Waals surface area contributed by atoms with Gasteiger partial charge in [0.1, 0.15) is 5.82 Å². The van der Waals surface area contributed by atoms with Crippen LogP contribution in [-0.2, 0) is 7.05 Å². The molecule has 0 aliphatic heterocycles. The molecule has 152 valence electrons. The normalized spacial score (nSPS) is 11.2. The topological polar surface area (TPSA) is 98.4 Å². The minimum absolute atomic E-state index is 0.174. The third kappa shape index (κ3) is 2.77. The Hall–Kier alpha value is -4.45. The molecule has 0 unspecified atom stereocenters. The summed E-state index contributed by atoms with van der Waals surface area (Å²) >= 11 is 0. The summed E-state index contributed by atoms with van der Waals surface area (Å²) in [6, 6.07) is 11.8. The highest BCUT2D eigenvalue weighted by molar-refractivity contribution is 5.93. The van der Waals surface area contributed by atoms with Gasteiger partial charge >= 0.3 is 11.8 Å². The molecule has 0 N–H and O–H groups in total. The van der Waals surface area contributed by atoms with Crippen molar-refractivity contribution in [2.45, 2.75) is 0 Å². The maximum Gasteiger partial charge on any atom is 0.419 e. The molecule has 5 aromatic rings. The second-order valence-corrected chi connectivity index (χ2v) is 6.86. The van der Waals surface area contributed by atoms with Crippen LogP contribution < -0.4 is 10.5 Å². The van der Waals surface area contributed by atoms with Crippen molar-refractivity contribution in [1.82, 2.24) is 18.9 Å². The molecule has 2 aromatic carbocycles. The zero-order chi connectivity index (χ0) is 21.7. The van der Waals surface area contributed by atoms with Gasteiger partial charge in [0.2, 0.25) is 0 Å². The van der Waals surface area contributed by atoms with Crippen LogP contribution in [0, 0.1) is 17.1 Å². The zero-order valence-electron chi connectivity index (χ0n) is 16.5. The van der Waals surface area contributed by atoms with Crippen molar-refractivity contribution < 1.29 is 13.5 Å². The Labute approximate surface area is 174 Å². The highest BCUT2D eigenvalue weighted by atomic mass is 19.1. The van der Waals surface area contributed by atoms with E-state index in [4.69, 9.17) is 14.4 Å². The molecular weight excluding hydrogens is 401 g/mol. The van der Waals surface area contributed by atoms with Crippen molar-refractivity contribution in [2.75, 3.05) is 7.11 Å². The smallest absolute Gasteiger partial charge is 0.419 e. The number of aromatic nitrogens is 4. The zero-order valence-corrected chi connectivity index (χ0v) is 16.5. The van der Waals surface area contributed by atoms with Gasteiger partial charge in [-0.2, -0.15) is 10.2 Å². The summed E-state index contributed by atoms with van der Waals surface area (Å²) in [5.74, 6) is -1.15. The second-order valence-electron chi connectivity index (χ2n) is 6.86. The maximum atomic E-state index is 15.3. The van der Waals surface area contributed by atoms with E-state index >= 15 is 4.39 Å². The minimum atomic E-state index is -0.585. The molecule has 0 bridgehead atoms. The standard InChI is InChI=1S/C22H14FN5O3/c1-27-16-10-15(23)14(9-17(16)31-22(27)29)18-19(13-5-3-12(11-24)4-6-13)26-21(30-2)28-8-7-25-20(18)28/h3-10H,1-2H3. The van der Waals surface area contributed by atoms with Crippen LogP contribution in [0.5, 0.6) is 6.01 Å². The van der Waals surface area contributed by atoms with E-state index < -0.39 is 11.6 Å². The lowest BCUT2D eigenvalue weighted by atomic mass is 9.98. The molecule has 0 fully saturated rings. The first-order valence-electron chi connectivity index (χ1n) is 9.23. The van der Waals surface area contributed by atoms with Gasteiger partial charge in [-0.25, -0.2) is 14.2 Å². The first-order chi connectivity index (χ1) is 15.0. The Morgan fingerprint density at radius 2 is 2.00 bits per heavy atom. The number of nitriles is 1. The van der Waals surface area contributed by atoms with Gasteiger partial charge in [0.15, 0.2) is 11.2 Å². The lowest BCUT2D eigenvalue weighted by Gasteiger charge is -2.14. The fourth-order valence-corrected chi connectivity index (χ4v) is 3.60. The molecule has 0 spiro atoms. The number of aryl methyl sites for hydroxylation is 1. The van der Waals surface area contributed by atoms with E-state index in [2.05, 4.69) is 16.0 Å². The molecule has 0 saturated carbocycles. The van der Waals surface area contributed by atoms with Crippen molar-refractivity contribution >= 4 is 16.7 Å². The van der Waals surface area contributed by atoms with Crippen molar-refractivity contribution in [1.29, 1.82) is 5.26 Å². The SMILES string of the molecule is COc1nc(-c2ccc(C#N)cc2)c(-c2cc3oc(=O)n(C)c3cc2F)c2nccn12. The third-order valence-corrected chi connectivity index (χ3v) is 5.14. The van der Waals surface area contributed by atoms with E-state index in [1.54, 1.807) is 41.1 Å². The predicted octanol–water partition coefficient (Wildman–Crippen LogP) is 3.53. The van der Waals surface area contributed by atoms with Crippen LogP contribution in [0.1, 0.15) is 5.56 Å². The highest BCUT2D eigenvalue weighted by Gasteiger charge is 2.23. The largest absolute Gasteiger partial charge is 0.468 e. The van der Waals surface area contributed by atoms with Gasteiger partial charge in [0.25, 0.3) is 0 Å². The Morgan fingerprint density at radius 1 is 1.23 bits per heavy atom. The van der Waals surface area contributed by atoms with Gasteiger partial charge in [0, 0.05) is 36.6 Å². The van der Waals surface area contributed by atoms with E-state index in [-0.39, 0.29) is 17.2 Å². The molecule has 0 aliphatic carbocycles. The number of methoxy groups -OCH3 is 1. The summed E-state index contributed by atoms with van der Waals surface area (Å²) in [5.41, 5.74) is 3.13. The van der Waals surface area contributed by atoms with Crippen LogP contribution >= 0.6 is 0 Å². The number of halogens is 1. The number of hydrogen-bond donors (Lipinski definition) is 0. The number of fused-ring (bicyclic) bond motifs is 2. The molecule has 3 aromatic heterocycles. The summed E-state index contributed by atoms with van der Waals surface area (Å²) in [6.07, 6.45) is 3.22. The van der Waals surface area contributed by atoms with Crippen LogP contribution in [-0.4, -0.2) is 26.0 Å². The minimum Gasteiger partial charge on any atom is -0.468 e. The molecule has 31 heavy (non-hydrogen) atoms. The third-order valence-electron chi connectivity index (χ3n) is 5.14. The monoisotopic (exact) mass is 415 g/mol. The number of ether oxygens (including phenoxy) is 1. The lowest BCUT2D eigenvalue weighted by Crippen LogP contribution is -2.08. The first kappa shape index (κ1) is 18.6. The van der Waals surface area contributed by atoms with Crippen molar-refractivity contribution in [2.24, 2.45) is 7.05 Å². The number of rotatable bonds is 3. The molecule has 9 heteroatoms. The summed E-state index contributed by atoms with van der Waals surface area (Å²) in [5, 5.41) is 9.10. The quantitative estimate of drug-likeness (QED) is 0.447. The van der Waals surface area contributed by atoms with E-state index in [0.717, 1.165) is 0 Å². The molecule has 0 atom stereocenters.